The minimum Gasteiger partial charge on any atom is -0.376 e. The lowest BCUT2D eigenvalue weighted by Gasteiger charge is -2.38. The van der Waals surface area contributed by atoms with Crippen molar-refractivity contribution < 1.29 is 4.74 Å². The average molecular weight is 322 g/mol. The number of methoxy groups -OCH3 is 1. The van der Waals surface area contributed by atoms with Gasteiger partial charge in [0.1, 0.15) is 12.7 Å². The Morgan fingerprint density at radius 1 is 1.18 bits per heavy atom. The van der Waals surface area contributed by atoms with Crippen molar-refractivity contribution in [3.05, 3.63) is 47.5 Å². The fraction of sp³-hybridized carbons (Fsp3) is 0.529. The van der Waals surface area contributed by atoms with E-state index in [2.05, 4.69) is 37.8 Å². The standard InChI is InChI=1S/C17H24ClN3O/c1-12(15(22-5)13-6-8-14(18)9-7-13)16(17(2,3)4)21-11-19-10-20-21/h6-12,15-16H,1-5H3. The van der Waals surface area contributed by atoms with Gasteiger partial charge in [0.05, 0.1) is 12.1 Å². The molecule has 2 aromatic rings. The maximum Gasteiger partial charge on any atom is 0.137 e. The molecule has 0 radical (unpaired) electrons. The van der Waals surface area contributed by atoms with Crippen LogP contribution in [0.4, 0.5) is 0 Å². The van der Waals surface area contributed by atoms with Crippen molar-refractivity contribution in [2.24, 2.45) is 11.3 Å². The SMILES string of the molecule is COC(c1ccc(Cl)cc1)C(C)C(n1cncn1)C(C)(C)C. The van der Waals surface area contributed by atoms with E-state index in [9.17, 15) is 0 Å². The van der Waals surface area contributed by atoms with E-state index in [0.717, 1.165) is 10.6 Å². The van der Waals surface area contributed by atoms with E-state index in [-0.39, 0.29) is 23.5 Å². The summed E-state index contributed by atoms with van der Waals surface area (Å²) in [6.07, 6.45) is 3.32. The molecule has 0 spiro atoms. The molecule has 0 saturated heterocycles. The number of halogens is 1. The maximum absolute atomic E-state index is 5.99. The van der Waals surface area contributed by atoms with Crippen molar-refractivity contribution in [1.29, 1.82) is 0 Å². The Morgan fingerprint density at radius 3 is 2.27 bits per heavy atom. The molecule has 0 aliphatic heterocycles. The topological polar surface area (TPSA) is 39.9 Å². The lowest BCUT2D eigenvalue weighted by molar-refractivity contribution is 0.00543. The molecule has 1 aromatic heterocycles. The van der Waals surface area contributed by atoms with Crippen LogP contribution < -0.4 is 0 Å². The summed E-state index contributed by atoms with van der Waals surface area (Å²) in [7, 11) is 1.75. The third-order valence-electron chi connectivity index (χ3n) is 4.04. The van der Waals surface area contributed by atoms with Gasteiger partial charge in [-0.3, -0.25) is 0 Å². The normalized spacial score (nSPS) is 16.3. The number of ether oxygens (including phenoxy) is 1. The van der Waals surface area contributed by atoms with Gasteiger partial charge in [0, 0.05) is 18.1 Å². The molecular weight excluding hydrogens is 298 g/mol. The van der Waals surface area contributed by atoms with E-state index < -0.39 is 0 Å². The lowest BCUT2D eigenvalue weighted by atomic mass is 9.76. The highest BCUT2D eigenvalue weighted by atomic mass is 35.5. The van der Waals surface area contributed by atoms with E-state index in [1.165, 1.54) is 0 Å². The first-order chi connectivity index (χ1) is 10.3. The maximum atomic E-state index is 5.99. The van der Waals surface area contributed by atoms with Crippen LogP contribution in [0.3, 0.4) is 0 Å². The molecule has 0 amide bonds. The van der Waals surface area contributed by atoms with E-state index in [1.807, 2.05) is 28.9 Å². The van der Waals surface area contributed by atoms with Crippen LogP contribution in [-0.4, -0.2) is 21.9 Å². The van der Waals surface area contributed by atoms with Gasteiger partial charge in [-0.15, -0.1) is 0 Å². The molecule has 0 bridgehead atoms. The van der Waals surface area contributed by atoms with Gasteiger partial charge in [-0.25, -0.2) is 9.67 Å². The number of nitrogens with zero attached hydrogens (tertiary/aromatic N) is 3. The smallest absolute Gasteiger partial charge is 0.137 e. The fourth-order valence-corrected chi connectivity index (χ4v) is 3.39. The summed E-state index contributed by atoms with van der Waals surface area (Å²) in [6.45, 7) is 8.83. The summed E-state index contributed by atoms with van der Waals surface area (Å²) in [6, 6.07) is 8.01. The predicted molar refractivity (Wildman–Crippen MR) is 88.9 cm³/mol. The van der Waals surface area contributed by atoms with Gasteiger partial charge in [-0.05, 0) is 23.1 Å². The van der Waals surface area contributed by atoms with Crippen molar-refractivity contribution in [2.45, 2.75) is 39.8 Å². The molecule has 1 heterocycles. The molecule has 22 heavy (non-hydrogen) atoms. The molecule has 0 N–H and O–H groups in total. The molecule has 0 fully saturated rings. The number of benzene rings is 1. The summed E-state index contributed by atoms with van der Waals surface area (Å²) < 4.78 is 7.74. The first-order valence-corrected chi connectivity index (χ1v) is 7.84. The van der Waals surface area contributed by atoms with E-state index in [4.69, 9.17) is 16.3 Å². The Hall–Kier alpha value is -1.39. The van der Waals surface area contributed by atoms with Crippen molar-refractivity contribution in [2.75, 3.05) is 7.11 Å². The van der Waals surface area contributed by atoms with Gasteiger partial charge < -0.3 is 4.74 Å². The van der Waals surface area contributed by atoms with Crippen molar-refractivity contribution in [1.82, 2.24) is 14.8 Å². The van der Waals surface area contributed by atoms with Crippen LogP contribution in [0, 0.1) is 11.3 Å². The average Bonchev–Trinajstić information content (AvgIpc) is 2.94. The third kappa shape index (κ3) is 3.68. The zero-order valence-electron chi connectivity index (χ0n) is 13.8. The van der Waals surface area contributed by atoms with Gasteiger partial charge in [-0.1, -0.05) is 51.4 Å². The number of hydrogen-bond acceptors (Lipinski definition) is 3. The summed E-state index contributed by atoms with van der Waals surface area (Å²) in [4.78, 5) is 4.10. The Balaban J connectivity index is 2.36. The molecular formula is C17H24ClN3O. The molecule has 0 aliphatic rings. The van der Waals surface area contributed by atoms with Gasteiger partial charge >= 0.3 is 0 Å². The number of aromatic nitrogens is 3. The Morgan fingerprint density at radius 2 is 1.82 bits per heavy atom. The summed E-state index contributed by atoms with van der Waals surface area (Å²) in [5, 5.41) is 5.09. The molecule has 120 valence electrons. The first kappa shape index (κ1) is 17.0. The van der Waals surface area contributed by atoms with E-state index >= 15 is 0 Å². The Labute approximate surface area is 137 Å². The third-order valence-corrected chi connectivity index (χ3v) is 4.29. The lowest BCUT2D eigenvalue weighted by Crippen LogP contribution is -2.34. The minimum atomic E-state index is -0.0364. The van der Waals surface area contributed by atoms with Gasteiger partial charge in [0.25, 0.3) is 0 Å². The zero-order chi connectivity index (χ0) is 16.3. The molecule has 1 aromatic carbocycles. The van der Waals surface area contributed by atoms with Crippen LogP contribution in [0.1, 0.15) is 45.4 Å². The van der Waals surface area contributed by atoms with Crippen LogP contribution in [0.15, 0.2) is 36.9 Å². The van der Waals surface area contributed by atoms with E-state index in [1.54, 1.807) is 19.8 Å². The Kier molecular flexibility index (Phi) is 5.24. The predicted octanol–water partition coefficient (Wildman–Crippen LogP) is 4.54. The molecule has 3 unspecified atom stereocenters. The van der Waals surface area contributed by atoms with Crippen LogP contribution in [-0.2, 0) is 4.74 Å². The minimum absolute atomic E-state index is 0.0241. The van der Waals surface area contributed by atoms with Gasteiger partial charge in [0.15, 0.2) is 0 Å². The molecule has 5 heteroatoms. The Bertz CT molecular complexity index is 575. The summed E-state index contributed by atoms with van der Waals surface area (Å²) in [5.41, 5.74) is 1.14. The highest BCUT2D eigenvalue weighted by molar-refractivity contribution is 6.30. The quantitative estimate of drug-likeness (QED) is 0.811. The highest BCUT2D eigenvalue weighted by Crippen LogP contribution is 2.42. The monoisotopic (exact) mass is 321 g/mol. The van der Waals surface area contributed by atoms with E-state index in [0.29, 0.717) is 0 Å². The van der Waals surface area contributed by atoms with Crippen molar-refractivity contribution in [3.63, 3.8) is 0 Å². The van der Waals surface area contributed by atoms with Crippen molar-refractivity contribution >= 4 is 11.6 Å². The van der Waals surface area contributed by atoms with Crippen LogP contribution >= 0.6 is 11.6 Å². The molecule has 0 aliphatic carbocycles. The van der Waals surface area contributed by atoms with Gasteiger partial charge in [0.2, 0.25) is 0 Å². The van der Waals surface area contributed by atoms with Gasteiger partial charge in [-0.2, -0.15) is 5.10 Å². The molecule has 0 saturated carbocycles. The molecule has 2 rings (SSSR count). The molecule has 4 nitrogen and oxygen atoms in total. The van der Waals surface area contributed by atoms with Crippen LogP contribution in [0.25, 0.3) is 0 Å². The summed E-state index contributed by atoms with van der Waals surface area (Å²) in [5.74, 6) is 0.216. The zero-order valence-corrected chi connectivity index (χ0v) is 14.6. The van der Waals surface area contributed by atoms with Crippen LogP contribution in [0.2, 0.25) is 5.02 Å². The molecule has 3 atom stereocenters. The van der Waals surface area contributed by atoms with Crippen LogP contribution in [0.5, 0.6) is 0 Å². The number of rotatable bonds is 5. The summed E-state index contributed by atoms with van der Waals surface area (Å²) >= 11 is 5.99. The second-order valence-corrected chi connectivity index (χ2v) is 7.19. The van der Waals surface area contributed by atoms with Crippen molar-refractivity contribution in [3.8, 4) is 0 Å². The first-order valence-electron chi connectivity index (χ1n) is 7.47. The highest BCUT2D eigenvalue weighted by Gasteiger charge is 2.37. The second kappa shape index (κ2) is 6.80. The largest absolute Gasteiger partial charge is 0.376 e. The number of hydrogen-bond donors (Lipinski definition) is 0. The fourth-order valence-electron chi connectivity index (χ4n) is 3.26. The second-order valence-electron chi connectivity index (χ2n) is 6.75.